The molecule has 0 fully saturated rings. The first-order chi connectivity index (χ1) is 32.5. The maximum atomic E-state index is 12.8. The van der Waals surface area contributed by atoms with E-state index in [9.17, 15) is 14.4 Å². The minimum atomic E-state index is -0.801. The summed E-state index contributed by atoms with van der Waals surface area (Å²) in [5.74, 6) is -0.961. The zero-order chi connectivity index (χ0) is 47.9. The average molecular weight is 913 g/mol. The molecule has 372 valence electrons. The molecule has 1 unspecified atom stereocenters. The summed E-state index contributed by atoms with van der Waals surface area (Å²) in [6.45, 7) is 6.32. The predicted molar refractivity (Wildman–Crippen MR) is 283 cm³/mol. The van der Waals surface area contributed by atoms with Crippen LogP contribution in [0.25, 0.3) is 0 Å². The summed E-state index contributed by atoms with van der Waals surface area (Å²) < 4.78 is 16.7. The third kappa shape index (κ3) is 50.8. The molecule has 0 N–H and O–H groups in total. The molecule has 0 bridgehead atoms. The molecule has 0 aromatic carbocycles. The molecule has 0 aliphatic carbocycles. The molecular weight excluding hydrogens is 817 g/mol. The molecule has 0 aliphatic rings. The standard InChI is InChI=1S/C60H96O6/c1-4-7-10-13-16-19-21-23-25-26-27-28-29-30-31-32-33-34-36-37-39-41-44-47-50-53-59(62)65-56-57(55-64-58(61)52-49-46-43-18-15-12-9-6-3)66-60(63)54-51-48-45-42-40-38-35-24-22-20-17-14-11-8-5-2/h7-8,10-11,16-17,19-20,23-25,27-28,30-31,33-35,37,39,57H,4-6,9,12-15,18,21-22,26,29,32,36,38,40-56H2,1-3H3/b10-7-,11-8-,19-16-,20-17-,25-23-,28-27-,31-30-,34-33-,35-24-,39-37-. The quantitative estimate of drug-likeness (QED) is 0.0262. The van der Waals surface area contributed by atoms with Crippen molar-refractivity contribution in [3.63, 3.8) is 0 Å². The first-order valence-electron chi connectivity index (χ1n) is 26.5. The van der Waals surface area contributed by atoms with E-state index in [2.05, 4.69) is 142 Å². The summed E-state index contributed by atoms with van der Waals surface area (Å²) in [6.07, 6.45) is 73.4. The van der Waals surface area contributed by atoms with Crippen LogP contribution >= 0.6 is 0 Å². The molecular formula is C60H96O6. The third-order valence-electron chi connectivity index (χ3n) is 10.7. The Kier molecular flexibility index (Phi) is 50.0. The van der Waals surface area contributed by atoms with Crippen LogP contribution in [-0.2, 0) is 28.6 Å². The SMILES string of the molecule is CC/C=C\C/C=C\C/C=C\C/C=C\C/C=C\C/C=C\C/C=C\CCCCCC(=O)OCC(COC(=O)CCCCCCCCCC)OC(=O)CCCCCCC/C=C\C/C=C\C/C=C\CC. The number of hydrogen-bond donors (Lipinski definition) is 0. The summed E-state index contributed by atoms with van der Waals surface area (Å²) in [4.78, 5) is 37.9. The van der Waals surface area contributed by atoms with Gasteiger partial charge >= 0.3 is 17.9 Å². The lowest BCUT2D eigenvalue weighted by molar-refractivity contribution is -0.167. The van der Waals surface area contributed by atoms with E-state index in [0.717, 1.165) is 148 Å². The smallest absolute Gasteiger partial charge is 0.306 e. The van der Waals surface area contributed by atoms with Gasteiger partial charge in [-0.3, -0.25) is 14.4 Å². The molecule has 0 spiro atoms. The Bertz CT molecular complexity index is 1420. The molecule has 6 nitrogen and oxygen atoms in total. The topological polar surface area (TPSA) is 78.9 Å². The van der Waals surface area contributed by atoms with Crippen molar-refractivity contribution in [1.82, 2.24) is 0 Å². The molecule has 1 atom stereocenters. The van der Waals surface area contributed by atoms with Crippen LogP contribution in [0, 0.1) is 0 Å². The Morgan fingerprint density at radius 2 is 0.591 bits per heavy atom. The molecule has 0 amide bonds. The molecule has 66 heavy (non-hydrogen) atoms. The number of carbonyl (C=O) groups is 3. The summed E-state index contributed by atoms with van der Waals surface area (Å²) in [7, 11) is 0. The van der Waals surface area contributed by atoms with Crippen LogP contribution in [0.5, 0.6) is 0 Å². The third-order valence-corrected chi connectivity index (χ3v) is 10.7. The first-order valence-corrected chi connectivity index (χ1v) is 26.5. The van der Waals surface area contributed by atoms with Crippen molar-refractivity contribution in [2.45, 2.75) is 226 Å². The number of rotatable bonds is 46. The summed E-state index contributed by atoms with van der Waals surface area (Å²) in [5, 5.41) is 0. The molecule has 0 aromatic heterocycles. The number of esters is 3. The summed E-state index contributed by atoms with van der Waals surface area (Å²) in [6, 6.07) is 0. The zero-order valence-corrected chi connectivity index (χ0v) is 42.4. The molecule has 0 saturated heterocycles. The second-order valence-corrected chi connectivity index (χ2v) is 17.0. The van der Waals surface area contributed by atoms with Crippen molar-refractivity contribution in [1.29, 1.82) is 0 Å². The maximum absolute atomic E-state index is 12.8. The van der Waals surface area contributed by atoms with E-state index in [-0.39, 0.29) is 31.1 Å². The Morgan fingerprint density at radius 3 is 0.939 bits per heavy atom. The maximum Gasteiger partial charge on any atom is 0.306 e. The molecule has 6 heteroatoms. The van der Waals surface area contributed by atoms with Gasteiger partial charge in [0.1, 0.15) is 13.2 Å². The summed E-state index contributed by atoms with van der Waals surface area (Å²) >= 11 is 0. The minimum absolute atomic E-state index is 0.0982. The van der Waals surface area contributed by atoms with Crippen LogP contribution in [-0.4, -0.2) is 37.2 Å². The number of unbranched alkanes of at least 4 members (excludes halogenated alkanes) is 15. The van der Waals surface area contributed by atoms with Gasteiger partial charge in [-0.25, -0.2) is 0 Å². The second kappa shape index (κ2) is 53.4. The molecule has 0 aromatic rings. The van der Waals surface area contributed by atoms with E-state index in [4.69, 9.17) is 14.2 Å². The fourth-order valence-corrected chi connectivity index (χ4v) is 6.79. The van der Waals surface area contributed by atoms with Gasteiger partial charge < -0.3 is 14.2 Å². The molecule has 0 saturated carbocycles. The molecule has 0 rings (SSSR count). The first kappa shape index (κ1) is 61.8. The number of hydrogen-bond acceptors (Lipinski definition) is 6. The van der Waals surface area contributed by atoms with Crippen molar-refractivity contribution < 1.29 is 28.6 Å². The van der Waals surface area contributed by atoms with Crippen LogP contribution in [0.1, 0.15) is 220 Å². The highest BCUT2D eigenvalue weighted by Gasteiger charge is 2.19. The lowest BCUT2D eigenvalue weighted by atomic mass is 10.1. The highest BCUT2D eigenvalue weighted by molar-refractivity contribution is 5.71. The molecule has 0 heterocycles. The monoisotopic (exact) mass is 913 g/mol. The second-order valence-electron chi connectivity index (χ2n) is 17.0. The van der Waals surface area contributed by atoms with E-state index in [0.29, 0.717) is 19.3 Å². The summed E-state index contributed by atoms with van der Waals surface area (Å²) in [5.41, 5.74) is 0. The van der Waals surface area contributed by atoms with Gasteiger partial charge in [0.25, 0.3) is 0 Å². The number of carbonyl (C=O) groups excluding carboxylic acids is 3. The van der Waals surface area contributed by atoms with E-state index in [1.807, 2.05) is 0 Å². The van der Waals surface area contributed by atoms with Gasteiger partial charge in [0.15, 0.2) is 6.10 Å². The fraction of sp³-hybridized carbons (Fsp3) is 0.617. The Hall–Kier alpha value is -4.19. The molecule has 0 radical (unpaired) electrons. The van der Waals surface area contributed by atoms with Gasteiger partial charge in [-0.1, -0.05) is 213 Å². The van der Waals surface area contributed by atoms with Crippen molar-refractivity contribution in [3.05, 3.63) is 122 Å². The van der Waals surface area contributed by atoms with Gasteiger partial charge in [0.2, 0.25) is 0 Å². The number of allylic oxidation sites excluding steroid dienone is 20. The highest BCUT2D eigenvalue weighted by atomic mass is 16.6. The highest BCUT2D eigenvalue weighted by Crippen LogP contribution is 2.13. The van der Waals surface area contributed by atoms with E-state index in [1.54, 1.807) is 0 Å². The Labute approximate surface area is 405 Å². The molecule has 0 aliphatic heterocycles. The average Bonchev–Trinajstić information content (AvgIpc) is 3.31. The van der Waals surface area contributed by atoms with Gasteiger partial charge in [-0.15, -0.1) is 0 Å². The van der Waals surface area contributed by atoms with Crippen LogP contribution < -0.4 is 0 Å². The van der Waals surface area contributed by atoms with Crippen LogP contribution in [0.3, 0.4) is 0 Å². The van der Waals surface area contributed by atoms with Crippen LogP contribution in [0.2, 0.25) is 0 Å². The minimum Gasteiger partial charge on any atom is -0.462 e. The van der Waals surface area contributed by atoms with Crippen molar-refractivity contribution in [3.8, 4) is 0 Å². The predicted octanol–water partition coefficient (Wildman–Crippen LogP) is 17.7. The Morgan fingerprint density at radius 1 is 0.318 bits per heavy atom. The zero-order valence-electron chi connectivity index (χ0n) is 42.4. The van der Waals surface area contributed by atoms with Crippen molar-refractivity contribution in [2.75, 3.05) is 13.2 Å². The largest absolute Gasteiger partial charge is 0.462 e. The van der Waals surface area contributed by atoms with E-state index >= 15 is 0 Å². The van der Waals surface area contributed by atoms with Crippen molar-refractivity contribution >= 4 is 17.9 Å². The van der Waals surface area contributed by atoms with Crippen LogP contribution in [0.15, 0.2) is 122 Å². The Balaban J connectivity index is 4.37. The lowest BCUT2D eigenvalue weighted by Crippen LogP contribution is -2.30. The normalized spacial score (nSPS) is 13.1. The fourth-order valence-electron chi connectivity index (χ4n) is 6.79. The van der Waals surface area contributed by atoms with Gasteiger partial charge in [-0.05, 0) is 109 Å². The number of ether oxygens (including phenoxy) is 3. The van der Waals surface area contributed by atoms with Gasteiger partial charge in [-0.2, -0.15) is 0 Å². The van der Waals surface area contributed by atoms with Gasteiger partial charge in [0.05, 0.1) is 0 Å². The van der Waals surface area contributed by atoms with E-state index < -0.39 is 6.10 Å². The lowest BCUT2D eigenvalue weighted by Gasteiger charge is -2.18. The van der Waals surface area contributed by atoms with Crippen molar-refractivity contribution in [2.24, 2.45) is 0 Å². The van der Waals surface area contributed by atoms with E-state index in [1.165, 1.54) is 32.1 Å². The van der Waals surface area contributed by atoms with Crippen LogP contribution in [0.4, 0.5) is 0 Å². The van der Waals surface area contributed by atoms with Gasteiger partial charge in [0, 0.05) is 19.3 Å².